The van der Waals surface area contributed by atoms with Gasteiger partial charge in [-0.3, -0.25) is 19.5 Å². The van der Waals surface area contributed by atoms with Gasteiger partial charge in [-0.25, -0.2) is 0 Å². The van der Waals surface area contributed by atoms with Gasteiger partial charge in [-0.15, -0.1) is 0 Å². The molecule has 2 aromatic rings. The Bertz CT molecular complexity index is 1160. The van der Waals surface area contributed by atoms with Crippen molar-refractivity contribution in [3.05, 3.63) is 57.8 Å². The van der Waals surface area contributed by atoms with E-state index in [0.717, 1.165) is 44.2 Å². The number of nitrogens with zero attached hydrogens (tertiary/aromatic N) is 2. The van der Waals surface area contributed by atoms with Crippen LogP contribution in [0.1, 0.15) is 68.8 Å². The minimum atomic E-state index is -1.16. The van der Waals surface area contributed by atoms with Gasteiger partial charge < -0.3 is 20.5 Å². The van der Waals surface area contributed by atoms with E-state index in [-0.39, 0.29) is 33.0 Å². The average molecular weight is 592 g/mol. The van der Waals surface area contributed by atoms with E-state index < -0.39 is 18.2 Å². The van der Waals surface area contributed by atoms with Crippen molar-refractivity contribution >= 4 is 40.7 Å². The zero-order valence-electron chi connectivity index (χ0n) is 23.6. The first-order valence-corrected chi connectivity index (χ1v) is 14.7. The van der Waals surface area contributed by atoms with E-state index in [1.54, 1.807) is 12.1 Å². The largest absolute Gasteiger partial charge is 0.366 e. The number of nitrogens with one attached hydrogen (secondary N) is 2. The van der Waals surface area contributed by atoms with E-state index in [1.165, 1.54) is 19.5 Å². The molecule has 2 aliphatic heterocycles. The number of fused-ring (bicyclic) bond motifs is 3. The zero-order valence-corrected chi connectivity index (χ0v) is 25.1. The fourth-order valence-electron chi connectivity index (χ4n) is 5.85. The lowest BCUT2D eigenvalue weighted by molar-refractivity contribution is -0.143. The van der Waals surface area contributed by atoms with Crippen LogP contribution in [-0.4, -0.2) is 64.9 Å². The number of methoxy groups -OCH3 is 1. The van der Waals surface area contributed by atoms with E-state index in [2.05, 4.69) is 41.3 Å². The number of anilines is 1. The molecule has 0 spiro atoms. The molecule has 8 nitrogen and oxygen atoms in total. The number of pyridine rings is 1. The summed E-state index contributed by atoms with van der Waals surface area (Å²) in [7, 11) is 1.43. The van der Waals surface area contributed by atoms with Crippen LogP contribution in [0.5, 0.6) is 0 Å². The molecule has 10 heteroatoms. The van der Waals surface area contributed by atoms with Crippen LogP contribution in [0.3, 0.4) is 0 Å². The topological polar surface area (TPSA) is 104 Å². The van der Waals surface area contributed by atoms with Gasteiger partial charge in [-0.2, -0.15) is 0 Å². The van der Waals surface area contributed by atoms with Crippen molar-refractivity contribution < 1.29 is 19.4 Å². The third kappa shape index (κ3) is 7.53. The Morgan fingerprint density at radius 2 is 1.73 bits per heavy atom. The molecular formula is C30H40Cl2N4O4. The summed E-state index contributed by atoms with van der Waals surface area (Å²) in [6.07, 6.45) is 7.36. The number of hydrogen-bond acceptors (Lipinski definition) is 6. The van der Waals surface area contributed by atoms with E-state index >= 15 is 0 Å². The second-order valence-electron chi connectivity index (χ2n) is 12.1. The van der Waals surface area contributed by atoms with Crippen molar-refractivity contribution in [2.75, 3.05) is 19.0 Å². The molecule has 0 radical (unpaired) electrons. The number of benzene rings is 1. The smallest absolute Gasteiger partial charge is 0.258 e. The maximum atomic E-state index is 13.7. The van der Waals surface area contributed by atoms with Crippen molar-refractivity contribution in [3.8, 4) is 0 Å². The lowest BCUT2D eigenvalue weighted by atomic mass is 9.73. The Kier molecular flexibility index (Phi) is 10.1. The molecule has 40 heavy (non-hydrogen) atoms. The lowest BCUT2D eigenvalue weighted by Gasteiger charge is -2.51. The summed E-state index contributed by atoms with van der Waals surface area (Å²) in [6, 6.07) is 6.80. The van der Waals surface area contributed by atoms with Crippen LogP contribution in [0.15, 0.2) is 36.7 Å². The predicted octanol–water partition coefficient (Wildman–Crippen LogP) is 5.31. The van der Waals surface area contributed by atoms with Gasteiger partial charge in [0.2, 0.25) is 5.91 Å². The molecule has 1 saturated carbocycles. The molecule has 1 aromatic heterocycles. The number of aromatic nitrogens is 1. The van der Waals surface area contributed by atoms with Crippen LogP contribution in [0.4, 0.5) is 5.69 Å². The highest BCUT2D eigenvalue weighted by Gasteiger charge is 2.45. The standard InChI is InChI=1S/C30H40Cl2N4O4/c1-30(2,3)13-14-36-21-11-7-19(8-12-21)26(36)28(38)35-24(29(39)40-4)15-18-5-9-20(10-6-18)34-27(37)25-22(31)16-33-17-23(25)32/h5-6,9-10,16-17,19,21,24,26,29,39H,7-8,11-15H2,1-4H3,(H,34,37)(H,35,38)/t19?,21?,24-,26-,29?/m0/s1. The Hall–Kier alpha value is -2.23. The van der Waals surface area contributed by atoms with Crippen LogP contribution in [0.25, 0.3) is 0 Å². The summed E-state index contributed by atoms with van der Waals surface area (Å²) in [5.74, 6) is -0.155. The molecule has 2 bridgehead atoms. The number of rotatable bonds is 10. The first kappa shape index (κ1) is 30.7. The van der Waals surface area contributed by atoms with Gasteiger partial charge in [0.15, 0.2) is 6.29 Å². The van der Waals surface area contributed by atoms with Gasteiger partial charge in [0.25, 0.3) is 5.91 Å². The number of hydrogen-bond donors (Lipinski definition) is 3. The maximum Gasteiger partial charge on any atom is 0.258 e. The monoisotopic (exact) mass is 590 g/mol. The molecule has 1 aliphatic carbocycles. The maximum absolute atomic E-state index is 13.7. The first-order valence-electron chi connectivity index (χ1n) is 13.9. The second-order valence-corrected chi connectivity index (χ2v) is 13.0. The number of amides is 2. The summed E-state index contributed by atoms with van der Waals surface area (Å²) >= 11 is 12.2. The van der Waals surface area contributed by atoms with Gasteiger partial charge in [-0.1, -0.05) is 56.1 Å². The predicted molar refractivity (Wildman–Crippen MR) is 158 cm³/mol. The summed E-state index contributed by atoms with van der Waals surface area (Å²) in [5.41, 5.74) is 1.77. The summed E-state index contributed by atoms with van der Waals surface area (Å²) < 4.78 is 5.24. The van der Waals surface area contributed by atoms with Gasteiger partial charge in [0, 0.05) is 31.2 Å². The zero-order chi connectivity index (χ0) is 29.0. The van der Waals surface area contributed by atoms with Crippen LogP contribution in [-0.2, 0) is 16.0 Å². The first-order chi connectivity index (χ1) is 19.0. The van der Waals surface area contributed by atoms with Gasteiger partial charge in [-0.05, 0) is 74.1 Å². The summed E-state index contributed by atoms with van der Waals surface area (Å²) in [4.78, 5) is 32.7. The highest BCUT2D eigenvalue weighted by molar-refractivity contribution is 6.40. The van der Waals surface area contributed by atoms with Crippen molar-refractivity contribution in [1.82, 2.24) is 15.2 Å². The van der Waals surface area contributed by atoms with Crippen LogP contribution < -0.4 is 10.6 Å². The number of carbonyl (C=O) groups is 2. The van der Waals surface area contributed by atoms with Crippen molar-refractivity contribution in [2.24, 2.45) is 11.3 Å². The second kappa shape index (κ2) is 13.2. The van der Waals surface area contributed by atoms with Gasteiger partial charge in [0.05, 0.1) is 27.7 Å². The van der Waals surface area contributed by atoms with Gasteiger partial charge >= 0.3 is 0 Å². The van der Waals surface area contributed by atoms with Crippen molar-refractivity contribution in [1.29, 1.82) is 0 Å². The molecule has 3 heterocycles. The molecule has 3 N–H and O–H groups in total. The minimum absolute atomic E-state index is 0.0422. The van der Waals surface area contributed by atoms with E-state index in [1.807, 2.05) is 12.1 Å². The molecule has 1 aromatic carbocycles. The van der Waals surface area contributed by atoms with Crippen molar-refractivity contribution in [2.45, 2.75) is 83.7 Å². The third-order valence-electron chi connectivity index (χ3n) is 8.06. The normalized spacial score (nSPS) is 22.5. The van der Waals surface area contributed by atoms with Crippen LogP contribution in [0, 0.1) is 11.3 Å². The number of carbonyl (C=O) groups excluding carboxylic acids is 2. The number of aliphatic hydroxyl groups is 1. The molecule has 2 amide bonds. The molecule has 218 valence electrons. The number of halogens is 2. The molecule has 3 fully saturated rings. The van der Waals surface area contributed by atoms with E-state index in [0.29, 0.717) is 24.1 Å². The molecule has 1 unspecified atom stereocenters. The van der Waals surface area contributed by atoms with E-state index in [4.69, 9.17) is 27.9 Å². The average Bonchev–Trinajstić information content (AvgIpc) is 2.91. The Labute approximate surface area is 246 Å². The minimum Gasteiger partial charge on any atom is -0.366 e. The van der Waals surface area contributed by atoms with E-state index in [9.17, 15) is 14.7 Å². The molecular weight excluding hydrogens is 551 g/mol. The van der Waals surface area contributed by atoms with Crippen LogP contribution >= 0.6 is 23.2 Å². The SMILES string of the molecule is COC(O)[C@H](Cc1ccc(NC(=O)c2c(Cl)cncc2Cl)cc1)NC(=O)[C@@H]1C2CCC(CC2)N1CCC(C)(C)C. The van der Waals surface area contributed by atoms with Crippen LogP contribution in [0.2, 0.25) is 10.0 Å². The number of aliphatic hydroxyl groups excluding tert-OH is 1. The quantitative estimate of drug-likeness (QED) is 0.324. The number of ether oxygens (including phenoxy) is 1. The number of piperidine rings is 2. The Balaban J connectivity index is 1.43. The Morgan fingerprint density at radius 1 is 1.10 bits per heavy atom. The summed E-state index contributed by atoms with van der Waals surface area (Å²) in [5, 5.41) is 16.9. The Morgan fingerprint density at radius 3 is 2.30 bits per heavy atom. The molecule has 2 saturated heterocycles. The fourth-order valence-corrected chi connectivity index (χ4v) is 6.39. The molecule has 3 aliphatic rings. The highest BCUT2D eigenvalue weighted by Crippen LogP contribution is 2.40. The third-order valence-corrected chi connectivity index (χ3v) is 8.64. The van der Waals surface area contributed by atoms with Crippen molar-refractivity contribution in [3.63, 3.8) is 0 Å². The lowest BCUT2D eigenvalue weighted by Crippen LogP contribution is -2.63. The summed E-state index contributed by atoms with van der Waals surface area (Å²) in [6.45, 7) is 7.59. The highest BCUT2D eigenvalue weighted by atomic mass is 35.5. The fraction of sp³-hybridized carbons (Fsp3) is 0.567. The molecule has 3 atom stereocenters. The van der Waals surface area contributed by atoms with Gasteiger partial charge in [0.1, 0.15) is 0 Å². The molecule has 5 rings (SSSR count).